The Kier molecular flexibility index (Phi) is 3.03. The van der Waals surface area contributed by atoms with Crippen molar-refractivity contribution in [2.45, 2.75) is 40.7 Å². The average Bonchev–Trinajstić information content (AvgIpc) is 2.39. The van der Waals surface area contributed by atoms with Crippen LogP contribution in [0.4, 0.5) is 0 Å². The molecule has 0 radical (unpaired) electrons. The summed E-state index contributed by atoms with van der Waals surface area (Å²) in [5.74, 6) is 0. The summed E-state index contributed by atoms with van der Waals surface area (Å²) in [6.07, 6.45) is 0. The van der Waals surface area contributed by atoms with E-state index in [1.165, 1.54) is 0 Å². The second-order valence-electron chi connectivity index (χ2n) is 5.18. The Bertz CT molecular complexity index is 159. The first-order valence-electron chi connectivity index (χ1n) is 5.38. The highest BCUT2D eigenvalue weighted by Crippen LogP contribution is 2.62. The molecule has 0 heterocycles. The number of hydrogen-bond acceptors (Lipinski definition) is 2. The van der Waals surface area contributed by atoms with Gasteiger partial charge in [0.15, 0.2) is 0 Å². The minimum atomic E-state index is 0.471. The standard InChI is InChI=1S/C11H24N2/c1-6-12-7-8-13-9-10(2,3)11(9,4)5/h9,12-13H,6-8H2,1-5H3. The van der Waals surface area contributed by atoms with Gasteiger partial charge in [0.05, 0.1) is 0 Å². The minimum Gasteiger partial charge on any atom is -0.316 e. The fourth-order valence-corrected chi connectivity index (χ4v) is 2.19. The monoisotopic (exact) mass is 184 g/mol. The molecule has 0 amide bonds. The molecule has 0 unspecified atom stereocenters. The Morgan fingerprint density at radius 1 is 1.00 bits per heavy atom. The molecule has 0 aromatic heterocycles. The molecule has 0 atom stereocenters. The van der Waals surface area contributed by atoms with Gasteiger partial charge in [0.25, 0.3) is 0 Å². The van der Waals surface area contributed by atoms with E-state index >= 15 is 0 Å². The van der Waals surface area contributed by atoms with Gasteiger partial charge in [0, 0.05) is 19.1 Å². The van der Waals surface area contributed by atoms with Crippen molar-refractivity contribution in [1.82, 2.24) is 10.6 Å². The summed E-state index contributed by atoms with van der Waals surface area (Å²) in [7, 11) is 0. The van der Waals surface area contributed by atoms with E-state index < -0.39 is 0 Å². The lowest BCUT2D eigenvalue weighted by atomic mass is 10.0. The summed E-state index contributed by atoms with van der Waals surface area (Å²) in [5.41, 5.74) is 0.943. The Balaban J connectivity index is 2.19. The van der Waals surface area contributed by atoms with E-state index in [2.05, 4.69) is 45.3 Å². The lowest BCUT2D eigenvalue weighted by Crippen LogP contribution is -2.31. The van der Waals surface area contributed by atoms with Crippen molar-refractivity contribution < 1.29 is 0 Å². The molecule has 78 valence electrons. The van der Waals surface area contributed by atoms with E-state index in [4.69, 9.17) is 0 Å². The highest BCUT2D eigenvalue weighted by atomic mass is 15.1. The number of likely N-dealkylation sites (N-methyl/N-ethyl adjacent to an activating group) is 1. The first-order valence-corrected chi connectivity index (χ1v) is 5.38. The largest absolute Gasteiger partial charge is 0.316 e. The molecular weight excluding hydrogens is 160 g/mol. The maximum atomic E-state index is 3.61. The van der Waals surface area contributed by atoms with Gasteiger partial charge in [0.2, 0.25) is 0 Å². The number of rotatable bonds is 5. The quantitative estimate of drug-likeness (QED) is 0.634. The third kappa shape index (κ3) is 1.89. The predicted molar refractivity (Wildman–Crippen MR) is 57.9 cm³/mol. The van der Waals surface area contributed by atoms with Gasteiger partial charge in [-0.15, -0.1) is 0 Å². The molecule has 1 rings (SSSR count). The van der Waals surface area contributed by atoms with Gasteiger partial charge in [0.1, 0.15) is 0 Å². The van der Waals surface area contributed by atoms with E-state index in [0.29, 0.717) is 16.9 Å². The normalized spacial score (nSPS) is 24.7. The van der Waals surface area contributed by atoms with Crippen molar-refractivity contribution in [1.29, 1.82) is 0 Å². The van der Waals surface area contributed by atoms with Gasteiger partial charge in [-0.3, -0.25) is 0 Å². The summed E-state index contributed by atoms with van der Waals surface area (Å²) >= 11 is 0. The second-order valence-corrected chi connectivity index (χ2v) is 5.18. The van der Waals surface area contributed by atoms with Crippen LogP contribution in [0.5, 0.6) is 0 Å². The van der Waals surface area contributed by atoms with Crippen LogP contribution in [0.3, 0.4) is 0 Å². The van der Waals surface area contributed by atoms with Crippen LogP contribution >= 0.6 is 0 Å². The van der Waals surface area contributed by atoms with Crippen molar-refractivity contribution in [3.05, 3.63) is 0 Å². The zero-order valence-corrected chi connectivity index (χ0v) is 9.70. The summed E-state index contributed by atoms with van der Waals surface area (Å²) in [4.78, 5) is 0. The molecule has 0 saturated heterocycles. The van der Waals surface area contributed by atoms with Crippen molar-refractivity contribution >= 4 is 0 Å². The van der Waals surface area contributed by atoms with Crippen LogP contribution in [0.25, 0.3) is 0 Å². The van der Waals surface area contributed by atoms with Gasteiger partial charge in [-0.2, -0.15) is 0 Å². The second kappa shape index (κ2) is 3.58. The Labute approximate surface area is 82.5 Å². The van der Waals surface area contributed by atoms with Crippen LogP contribution in [-0.4, -0.2) is 25.7 Å². The number of nitrogens with one attached hydrogen (secondary N) is 2. The molecule has 13 heavy (non-hydrogen) atoms. The summed E-state index contributed by atoms with van der Waals surface area (Å²) < 4.78 is 0. The van der Waals surface area contributed by atoms with Crippen molar-refractivity contribution in [3.63, 3.8) is 0 Å². The lowest BCUT2D eigenvalue weighted by molar-refractivity contribution is 0.457. The van der Waals surface area contributed by atoms with Crippen molar-refractivity contribution in [2.24, 2.45) is 10.8 Å². The Hall–Kier alpha value is -0.0800. The van der Waals surface area contributed by atoms with Gasteiger partial charge in [-0.1, -0.05) is 34.6 Å². The van der Waals surface area contributed by atoms with E-state index in [1.54, 1.807) is 0 Å². The van der Waals surface area contributed by atoms with Crippen LogP contribution in [0, 0.1) is 10.8 Å². The maximum absolute atomic E-state index is 3.61. The molecule has 0 aliphatic heterocycles. The molecular formula is C11H24N2. The maximum Gasteiger partial charge on any atom is 0.0181 e. The van der Waals surface area contributed by atoms with Crippen LogP contribution < -0.4 is 10.6 Å². The van der Waals surface area contributed by atoms with Crippen LogP contribution in [0.15, 0.2) is 0 Å². The zero-order chi connectivity index (χ0) is 10.1. The molecule has 1 aliphatic carbocycles. The third-order valence-corrected chi connectivity index (χ3v) is 3.92. The fraction of sp³-hybridized carbons (Fsp3) is 1.00. The van der Waals surface area contributed by atoms with Gasteiger partial charge in [-0.25, -0.2) is 0 Å². The predicted octanol–water partition coefficient (Wildman–Crippen LogP) is 1.62. The summed E-state index contributed by atoms with van der Waals surface area (Å²) in [6.45, 7) is 14.8. The molecule has 1 fully saturated rings. The molecule has 0 spiro atoms. The first-order chi connectivity index (χ1) is 5.94. The lowest BCUT2D eigenvalue weighted by Gasteiger charge is -2.06. The smallest absolute Gasteiger partial charge is 0.0181 e. The van der Waals surface area contributed by atoms with Gasteiger partial charge < -0.3 is 10.6 Å². The van der Waals surface area contributed by atoms with Crippen LogP contribution in [0.2, 0.25) is 0 Å². The van der Waals surface area contributed by atoms with Crippen LogP contribution in [-0.2, 0) is 0 Å². The van der Waals surface area contributed by atoms with Crippen molar-refractivity contribution in [3.8, 4) is 0 Å². The highest BCUT2D eigenvalue weighted by Gasteiger charge is 2.64. The Morgan fingerprint density at radius 2 is 1.54 bits per heavy atom. The molecule has 0 aromatic rings. The fourth-order valence-electron chi connectivity index (χ4n) is 2.19. The first kappa shape index (κ1) is 11.0. The van der Waals surface area contributed by atoms with E-state index in [0.717, 1.165) is 19.6 Å². The topological polar surface area (TPSA) is 24.1 Å². The molecule has 0 aromatic carbocycles. The van der Waals surface area contributed by atoms with Crippen molar-refractivity contribution in [2.75, 3.05) is 19.6 Å². The Morgan fingerprint density at radius 3 is 1.92 bits per heavy atom. The molecule has 2 N–H and O–H groups in total. The minimum absolute atomic E-state index is 0.471. The highest BCUT2D eigenvalue weighted by molar-refractivity contribution is 5.17. The third-order valence-electron chi connectivity index (χ3n) is 3.92. The average molecular weight is 184 g/mol. The summed E-state index contributed by atoms with van der Waals surface area (Å²) in [5, 5.41) is 6.93. The molecule has 1 aliphatic rings. The SMILES string of the molecule is CCNCCNC1C(C)(C)C1(C)C. The van der Waals surface area contributed by atoms with E-state index in [1.807, 2.05) is 0 Å². The van der Waals surface area contributed by atoms with E-state index in [-0.39, 0.29) is 0 Å². The zero-order valence-electron chi connectivity index (χ0n) is 9.70. The summed E-state index contributed by atoms with van der Waals surface area (Å²) in [6, 6.07) is 0.693. The molecule has 2 heteroatoms. The number of hydrogen-bond donors (Lipinski definition) is 2. The molecule has 0 bridgehead atoms. The van der Waals surface area contributed by atoms with E-state index in [9.17, 15) is 0 Å². The van der Waals surface area contributed by atoms with Gasteiger partial charge >= 0.3 is 0 Å². The molecule has 1 saturated carbocycles. The van der Waals surface area contributed by atoms with Crippen LogP contribution in [0.1, 0.15) is 34.6 Å². The van der Waals surface area contributed by atoms with Gasteiger partial charge in [-0.05, 0) is 17.4 Å². The molecule has 2 nitrogen and oxygen atoms in total.